The van der Waals surface area contributed by atoms with Gasteiger partial charge in [-0.05, 0) is 30.7 Å². The van der Waals surface area contributed by atoms with E-state index in [0.29, 0.717) is 10.6 Å². The second-order valence-corrected chi connectivity index (χ2v) is 5.22. The average molecular weight is 341 g/mol. The Balaban J connectivity index is 2.58. The molecule has 0 saturated heterocycles. The van der Waals surface area contributed by atoms with E-state index in [1.54, 1.807) is 12.1 Å². The first kappa shape index (κ1) is 18.8. The molecule has 6 nitrogen and oxygen atoms in total. The molecule has 1 aromatic carbocycles. The van der Waals surface area contributed by atoms with Gasteiger partial charge in [-0.3, -0.25) is 19.2 Å². The first-order valence-corrected chi connectivity index (χ1v) is 7.23. The minimum Gasteiger partial charge on any atom is -0.468 e. The molecule has 0 aliphatic carbocycles. The summed E-state index contributed by atoms with van der Waals surface area (Å²) in [5.74, 6) is -3.43. The molecular formula is C16H17ClO6. The molecule has 23 heavy (non-hydrogen) atoms. The predicted octanol–water partition coefficient (Wildman–Crippen LogP) is 2.22. The Morgan fingerprint density at radius 2 is 1.52 bits per heavy atom. The second-order valence-electron chi connectivity index (χ2n) is 4.78. The molecule has 1 aromatic rings. The van der Waals surface area contributed by atoms with Gasteiger partial charge in [-0.2, -0.15) is 0 Å². The molecule has 0 saturated carbocycles. The maximum Gasteiger partial charge on any atom is 0.320 e. The number of benzene rings is 1. The molecule has 0 N–H and O–H groups in total. The van der Waals surface area contributed by atoms with Crippen LogP contribution in [0.15, 0.2) is 24.3 Å². The van der Waals surface area contributed by atoms with Crippen molar-refractivity contribution in [3.05, 3.63) is 34.9 Å². The van der Waals surface area contributed by atoms with Gasteiger partial charge in [-0.25, -0.2) is 0 Å². The third kappa shape index (κ3) is 5.83. The molecule has 0 fully saturated rings. The highest BCUT2D eigenvalue weighted by Gasteiger charge is 2.29. The Morgan fingerprint density at radius 3 is 2.00 bits per heavy atom. The van der Waals surface area contributed by atoms with Gasteiger partial charge in [0.1, 0.15) is 5.78 Å². The van der Waals surface area contributed by atoms with Gasteiger partial charge < -0.3 is 9.47 Å². The lowest BCUT2D eigenvalue weighted by molar-refractivity contribution is -0.159. The number of carbonyl (C=O) groups excluding carboxylic acids is 4. The van der Waals surface area contributed by atoms with E-state index < -0.39 is 17.9 Å². The number of esters is 2. The van der Waals surface area contributed by atoms with Crippen LogP contribution in [0.25, 0.3) is 0 Å². The summed E-state index contributed by atoms with van der Waals surface area (Å²) in [7, 11) is 2.29. The molecule has 7 heteroatoms. The van der Waals surface area contributed by atoms with Crippen LogP contribution in [0, 0.1) is 5.92 Å². The molecule has 0 amide bonds. The summed E-state index contributed by atoms with van der Waals surface area (Å²) in [6.07, 6.45) is -0.475. The number of rotatable bonds is 8. The van der Waals surface area contributed by atoms with Crippen molar-refractivity contribution in [1.29, 1.82) is 0 Å². The van der Waals surface area contributed by atoms with Gasteiger partial charge in [0.2, 0.25) is 0 Å². The molecule has 124 valence electrons. The minimum absolute atomic E-state index is 0.0634. The maximum atomic E-state index is 11.9. The van der Waals surface area contributed by atoms with Crippen molar-refractivity contribution in [2.45, 2.75) is 19.3 Å². The number of methoxy groups -OCH3 is 2. The van der Waals surface area contributed by atoms with Crippen LogP contribution < -0.4 is 0 Å². The summed E-state index contributed by atoms with van der Waals surface area (Å²) >= 11 is 5.73. The van der Waals surface area contributed by atoms with E-state index in [1.165, 1.54) is 12.1 Å². The fourth-order valence-corrected chi connectivity index (χ4v) is 2.05. The van der Waals surface area contributed by atoms with Crippen LogP contribution in [0.3, 0.4) is 0 Å². The number of hydrogen-bond donors (Lipinski definition) is 0. The number of Topliss-reactive ketones (excluding diaryl/α,β-unsaturated/α-hetero) is 2. The van der Waals surface area contributed by atoms with E-state index in [2.05, 4.69) is 9.47 Å². The van der Waals surface area contributed by atoms with E-state index in [4.69, 9.17) is 11.6 Å². The molecule has 0 aliphatic heterocycles. The number of halogens is 1. The zero-order valence-electron chi connectivity index (χ0n) is 12.8. The van der Waals surface area contributed by atoms with Crippen molar-refractivity contribution in [2.75, 3.05) is 14.2 Å². The van der Waals surface area contributed by atoms with E-state index in [0.717, 1.165) is 14.2 Å². The lowest BCUT2D eigenvalue weighted by Gasteiger charge is -2.11. The first-order valence-electron chi connectivity index (χ1n) is 6.85. The Hall–Kier alpha value is -2.21. The van der Waals surface area contributed by atoms with Crippen molar-refractivity contribution in [3.63, 3.8) is 0 Å². The molecule has 0 spiro atoms. The first-order chi connectivity index (χ1) is 10.9. The van der Waals surface area contributed by atoms with Gasteiger partial charge in [0, 0.05) is 17.0 Å². The molecule has 0 unspecified atom stereocenters. The largest absolute Gasteiger partial charge is 0.468 e. The van der Waals surface area contributed by atoms with Gasteiger partial charge in [0.05, 0.1) is 20.6 Å². The maximum absolute atomic E-state index is 11.9. The summed E-state index contributed by atoms with van der Waals surface area (Å²) in [6, 6.07) is 6.18. The monoisotopic (exact) mass is 340 g/mol. The van der Waals surface area contributed by atoms with Crippen LogP contribution in [-0.4, -0.2) is 37.7 Å². The Morgan fingerprint density at radius 1 is 1.00 bits per heavy atom. The van der Waals surface area contributed by atoms with Gasteiger partial charge in [-0.15, -0.1) is 0 Å². The highest BCUT2D eigenvalue weighted by molar-refractivity contribution is 6.30. The fraction of sp³-hybridized carbons (Fsp3) is 0.375. The number of ketones is 2. The molecule has 0 radical (unpaired) electrons. The summed E-state index contributed by atoms with van der Waals surface area (Å²) in [6.45, 7) is 0. The minimum atomic E-state index is -1.17. The summed E-state index contributed by atoms with van der Waals surface area (Å²) < 4.78 is 9.00. The fourth-order valence-electron chi connectivity index (χ4n) is 1.93. The quantitative estimate of drug-likeness (QED) is 0.409. The van der Waals surface area contributed by atoms with Crippen LogP contribution in [-0.2, 0) is 23.9 Å². The van der Waals surface area contributed by atoms with Crippen LogP contribution >= 0.6 is 11.6 Å². The zero-order valence-corrected chi connectivity index (χ0v) is 13.6. The summed E-state index contributed by atoms with van der Waals surface area (Å²) in [5, 5.41) is 0.492. The number of carbonyl (C=O) groups is 4. The van der Waals surface area contributed by atoms with Crippen LogP contribution in [0.4, 0.5) is 0 Å². The molecule has 1 rings (SSSR count). The van der Waals surface area contributed by atoms with Gasteiger partial charge in [0.25, 0.3) is 0 Å². The number of ether oxygens (including phenoxy) is 2. The molecule has 0 atom stereocenters. The van der Waals surface area contributed by atoms with E-state index in [-0.39, 0.29) is 30.8 Å². The van der Waals surface area contributed by atoms with E-state index in [9.17, 15) is 19.2 Å². The SMILES string of the molecule is COC(=O)C(CCC(=O)CC(=O)c1ccc(Cl)cc1)C(=O)OC. The predicted molar refractivity (Wildman–Crippen MR) is 82.2 cm³/mol. The molecule has 0 aliphatic rings. The second kappa shape index (κ2) is 9.05. The summed E-state index contributed by atoms with van der Waals surface area (Å²) in [4.78, 5) is 46.8. The Kier molecular flexibility index (Phi) is 7.41. The smallest absolute Gasteiger partial charge is 0.320 e. The van der Waals surface area contributed by atoms with Crippen molar-refractivity contribution in [3.8, 4) is 0 Å². The topological polar surface area (TPSA) is 86.7 Å². The molecule has 0 aromatic heterocycles. The lowest BCUT2D eigenvalue weighted by atomic mass is 9.98. The van der Waals surface area contributed by atoms with Gasteiger partial charge >= 0.3 is 11.9 Å². The molecule has 0 bridgehead atoms. The van der Waals surface area contributed by atoms with Crippen LogP contribution in [0.5, 0.6) is 0 Å². The Labute approximate surface area is 138 Å². The Bertz CT molecular complexity index is 577. The standard InChI is InChI=1S/C16H17ClO6/c1-22-15(20)13(16(21)23-2)8-7-12(18)9-14(19)10-3-5-11(17)6-4-10/h3-6,13H,7-9H2,1-2H3. The third-order valence-corrected chi connectivity index (χ3v) is 3.46. The van der Waals surface area contributed by atoms with Crippen molar-refractivity contribution < 1.29 is 28.7 Å². The normalized spacial score (nSPS) is 10.3. The average Bonchev–Trinajstić information content (AvgIpc) is 2.54. The lowest BCUT2D eigenvalue weighted by Crippen LogP contribution is -2.27. The summed E-state index contributed by atoms with van der Waals surface area (Å²) in [5.41, 5.74) is 0.375. The van der Waals surface area contributed by atoms with Crippen LogP contribution in [0.2, 0.25) is 5.02 Å². The van der Waals surface area contributed by atoms with E-state index in [1.807, 2.05) is 0 Å². The van der Waals surface area contributed by atoms with E-state index >= 15 is 0 Å². The van der Waals surface area contributed by atoms with Gasteiger partial charge in [0.15, 0.2) is 11.7 Å². The highest BCUT2D eigenvalue weighted by atomic mass is 35.5. The highest BCUT2D eigenvalue weighted by Crippen LogP contribution is 2.15. The van der Waals surface area contributed by atoms with Gasteiger partial charge in [-0.1, -0.05) is 11.6 Å². The van der Waals surface area contributed by atoms with Crippen molar-refractivity contribution >= 4 is 35.1 Å². The number of hydrogen-bond acceptors (Lipinski definition) is 6. The van der Waals surface area contributed by atoms with Crippen molar-refractivity contribution in [1.82, 2.24) is 0 Å². The van der Waals surface area contributed by atoms with Crippen LogP contribution in [0.1, 0.15) is 29.6 Å². The zero-order chi connectivity index (χ0) is 17.4. The molecular weight excluding hydrogens is 324 g/mol. The van der Waals surface area contributed by atoms with Crippen molar-refractivity contribution in [2.24, 2.45) is 5.92 Å². The third-order valence-electron chi connectivity index (χ3n) is 3.21. The molecule has 0 heterocycles.